The average Bonchev–Trinajstić information content (AvgIpc) is 3.16. The summed E-state index contributed by atoms with van der Waals surface area (Å²) in [6, 6.07) is 4.18. The zero-order valence-electron chi connectivity index (χ0n) is 15.6. The maximum atomic E-state index is 5.52. The van der Waals surface area contributed by atoms with Crippen molar-refractivity contribution in [3.8, 4) is 17.6 Å². The standard InChI is InChI=1S/C19H22N4O3/c1-10-7-11(2)20-13(10)8-14-16(24-4)9-15(22-14)17-12(3)21-19(26-6)23-18(17)25-5/h7-9,20,22H,3H2,1-2,4-6H3/b14-8?,17-15+. The summed E-state index contributed by atoms with van der Waals surface area (Å²) in [4.78, 5) is 15.2. The van der Waals surface area contributed by atoms with E-state index in [0.717, 1.165) is 27.6 Å². The van der Waals surface area contributed by atoms with Crippen LogP contribution in [0.4, 0.5) is 0 Å². The van der Waals surface area contributed by atoms with Crippen LogP contribution in [0.1, 0.15) is 17.0 Å². The largest absolute Gasteiger partial charge is 0.494 e. The number of rotatable bonds is 4. The Kier molecular flexibility index (Phi) is 4.71. The van der Waals surface area contributed by atoms with Crippen LogP contribution in [0.2, 0.25) is 0 Å². The Labute approximate surface area is 150 Å². The summed E-state index contributed by atoms with van der Waals surface area (Å²) in [5, 5.41) is 2.73. The first-order chi connectivity index (χ1) is 12.5. The molecule has 0 aliphatic heterocycles. The van der Waals surface area contributed by atoms with E-state index in [-0.39, 0.29) is 6.01 Å². The van der Waals surface area contributed by atoms with Gasteiger partial charge in [0.2, 0.25) is 5.88 Å². The van der Waals surface area contributed by atoms with Crippen LogP contribution in [-0.4, -0.2) is 41.3 Å². The zero-order chi connectivity index (χ0) is 18.8. The SMILES string of the molecule is C=c1nc(OC)nc(OC)/c1=c1\cc(OC)c(=Cc2[nH]c(C)cc2C)[nH]1. The van der Waals surface area contributed by atoms with Crippen molar-refractivity contribution in [2.24, 2.45) is 0 Å². The monoisotopic (exact) mass is 354 g/mol. The molecule has 3 heterocycles. The molecule has 2 N–H and O–H groups in total. The van der Waals surface area contributed by atoms with E-state index < -0.39 is 0 Å². The number of nitrogens with zero attached hydrogens (tertiary/aromatic N) is 2. The second-order valence-corrected chi connectivity index (χ2v) is 5.90. The van der Waals surface area contributed by atoms with Crippen LogP contribution in [-0.2, 0) is 0 Å². The number of hydrogen-bond acceptors (Lipinski definition) is 5. The number of aryl methyl sites for hydroxylation is 2. The van der Waals surface area contributed by atoms with Gasteiger partial charge in [-0.1, -0.05) is 6.58 Å². The maximum Gasteiger partial charge on any atom is 0.320 e. The molecule has 0 spiro atoms. The van der Waals surface area contributed by atoms with Crippen LogP contribution < -0.4 is 24.9 Å². The molecule has 3 aromatic rings. The van der Waals surface area contributed by atoms with Crippen molar-refractivity contribution >= 4 is 12.7 Å². The van der Waals surface area contributed by atoms with Crippen LogP contribution in [0.25, 0.3) is 12.7 Å². The van der Waals surface area contributed by atoms with Gasteiger partial charge >= 0.3 is 6.01 Å². The normalized spacial score (nSPS) is 13.0. The Morgan fingerprint density at radius 1 is 1.00 bits per heavy atom. The first kappa shape index (κ1) is 17.6. The molecule has 0 radical (unpaired) electrons. The molecular formula is C19H22N4O3. The first-order valence-electron chi connectivity index (χ1n) is 8.07. The lowest BCUT2D eigenvalue weighted by Crippen LogP contribution is -2.13. The van der Waals surface area contributed by atoms with Gasteiger partial charge in [-0.25, -0.2) is 0 Å². The molecule has 0 saturated carbocycles. The maximum absolute atomic E-state index is 5.52. The highest BCUT2D eigenvalue weighted by molar-refractivity contribution is 5.52. The average molecular weight is 354 g/mol. The second kappa shape index (κ2) is 6.95. The van der Waals surface area contributed by atoms with Crippen molar-refractivity contribution in [3.63, 3.8) is 0 Å². The van der Waals surface area contributed by atoms with E-state index in [1.165, 1.54) is 7.11 Å². The van der Waals surface area contributed by atoms with Gasteiger partial charge in [-0.3, -0.25) is 0 Å². The highest BCUT2D eigenvalue weighted by atomic mass is 16.5. The van der Waals surface area contributed by atoms with Gasteiger partial charge in [0.25, 0.3) is 0 Å². The van der Waals surface area contributed by atoms with Gasteiger partial charge in [-0.2, -0.15) is 9.97 Å². The number of nitrogens with one attached hydrogen (secondary N) is 2. The smallest absolute Gasteiger partial charge is 0.320 e. The molecule has 0 fully saturated rings. The Morgan fingerprint density at radius 3 is 2.35 bits per heavy atom. The summed E-state index contributed by atoms with van der Waals surface area (Å²) >= 11 is 0. The summed E-state index contributed by atoms with van der Waals surface area (Å²) in [6.45, 7) is 8.07. The molecule has 3 aromatic heterocycles. The fourth-order valence-electron chi connectivity index (χ4n) is 2.88. The van der Waals surface area contributed by atoms with Gasteiger partial charge in [-0.05, 0) is 31.6 Å². The highest BCUT2D eigenvalue weighted by Gasteiger charge is 2.08. The third-order valence-electron chi connectivity index (χ3n) is 4.08. The fraction of sp³-hybridized carbons (Fsp3) is 0.263. The minimum atomic E-state index is 0.207. The molecule has 0 amide bonds. The van der Waals surface area contributed by atoms with E-state index in [1.807, 2.05) is 19.1 Å². The van der Waals surface area contributed by atoms with Crippen molar-refractivity contribution in [2.75, 3.05) is 21.3 Å². The molecule has 7 heteroatoms. The third-order valence-corrected chi connectivity index (χ3v) is 4.08. The molecule has 0 atom stereocenters. The van der Waals surface area contributed by atoms with Crippen LogP contribution in [0.5, 0.6) is 17.6 Å². The van der Waals surface area contributed by atoms with Gasteiger partial charge in [0.15, 0.2) is 0 Å². The lowest BCUT2D eigenvalue weighted by molar-refractivity contribution is 0.348. The molecule has 0 aromatic carbocycles. The zero-order valence-corrected chi connectivity index (χ0v) is 15.6. The number of aromatic nitrogens is 4. The summed E-state index contributed by atoms with van der Waals surface area (Å²) in [5.74, 6) is 1.08. The number of ether oxygens (including phenoxy) is 3. The molecule has 26 heavy (non-hydrogen) atoms. The topological polar surface area (TPSA) is 85.1 Å². The number of methoxy groups -OCH3 is 3. The van der Waals surface area contributed by atoms with Gasteiger partial charge in [-0.15, -0.1) is 0 Å². The van der Waals surface area contributed by atoms with Gasteiger partial charge in [0.05, 0.1) is 42.6 Å². The van der Waals surface area contributed by atoms with Gasteiger partial charge in [0.1, 0.15) is 5.75 Å². The Morgan fingerprint density at radius 2 is 1.77 bits per heavy atom. The summed E-state index contributed by atoms with van der Waals surface area (Å²) in [7, 11) is 4.67. The molecule has 0 unspecified atom stereocenters. The van der Waals surface area contributed by atoms with Crippen LogP contribution in [0.3, 0.4) is 0 Å². The Balaban J connectivity index is 2.36. The van der Waals surface area contributed by atoms with E-state index in [1.54, 1.807) is 14.2 Å². The van der Waals surface area contributed by atoms with Gasteiger partial charge in [0, 0.05) is 17.5 Å². The first-order valence-corrected chi connectivity index (χ1v) is 8.07. The van der Waals surface area contributed by atoms with Crippen LogP contribution in [0.15, 0.2) is 12.1 Å². The number of H-pyrrole nitrogens is 2. The van der Waals surface area contributed by atoms with E-state index in [2.05, 4.69) is 39.5 Å². The molecule has 0 saturated heterocycles. The minimum Gasteiger partial charge on any atom is -0.494 e. The lowest BCUT2D eigenvalue weighted by Gasteiger charge is -2.02. The van der Waals surface area contributed by atoms with Crippen LogP contribution in [0, 0.1) is 24.4 Å². The van der Waals surface area contributed by atoms with Crippen molar-refractivity contribution in [2.45, 2.75) is 13.8 Å². The Bertz CT molecular complexity index is 1140. The number of aromatic amines is 2. The van der Waals surface area contributed by atoms with Crippen molar-refractivity contribution in [3.05, 3.63) is 50.4 Å². The predicted octanol–water partition coefficient (Wildman–Crippen LogP) is 1.30. The molecule has 0 aliphatic rings. The van der Waals surface area contributed by atoms with E-state index in [4.69, 9.17) is 14.2 Å². The molecule has 7 nitrogen and oxygen atoms in total. The Hall–Kier alpha value is -3.22. The highest BCUT2D eigenvalue weighted by Crippen LogP contribution is 2.13. The van der Waals surface area contributed by atoms with E-state index >= 15 is 0 Å². The third kappa shape index (κ3) is 3.15. The summed E-state index contributed by atoms with van der Waals surface area (Å²) in [5.41, 5.74) is 3.27. The molecule has 136 valence electrons. The predicted molar refractivity (Wildman–Crippen MR) is 98.8 cm³/mol. The van der Waals surface area contributed by atoms with Crippen molar-refractivity contribution in [1.82, 2.24) is 19.9 Å². The van der Waals surface area contributed by atoms with E-state index in [9.17, 15) is 0 Å². The minimum absolute atomic E-state index is 0.207. The molecule has 3 rings (SSSR count). The van der Waals surface area contributed by atoms with Crippen molar-refractivity contribution < 1.29 is 14.2 Å². The number of hydrogen-bond donors (Lipinski definition) is 2. The van der Waals surface area contributed by atoms with E-state index in [0.29, 0.717) is 22.2 Å². The second-order valence-electron chi connectivity index (χ2n) is 5.90. The fourth-order valence-corrected chi connectivity index (χ4v) is 2.88. The van der Waals surface area contributed by atoms with Crippen LogP contribution >= 0.6 is 0 Å². The molecule has 0 aliphatic carbocycles. The summed E-state index contributed by atoms with van der Waals surface area (Å²) in [6.07, 6.45) is 2.00. The molecule has 0 bridgehead atoms. The molecular weight excluding hydrogens is 332 g/mol. The van der Waals surface area contributed by atoms with Gasteiger partial charge < -0.3 is 24.2 Å². The quantitative estimate of drug-likeness (QED) is 0.738. The van der Waals surface area contributed by atoms with Crippen molar-refractivity contribution in [1.29, 1.82) is 0 Å². The lowest BCUT2D eigenvalue weighted by atomic mass is 10.2. The summed E-state index contributed by atoms with van der Waals surface area (Å²) < 4.78 is 16.0.